The van der Waals surface area contributed by atoms with Crippen molar-refractivity contribution in [3.05, 3.63) is 41.5 Å². The number of hydrogen-bond donors (Lipinski definition) is 1. The van der Waals surface area contributed by atoms with Crippen molar-refractivity contribution < 1.29 is 18.7 Å². The van der Waals surface area contributed by atoms with E-state index in [1.165, 1.54) is 0 Å². The van der Waals surface area contributed by atoms with Gasteiger partial charge in [0.2, 0.25) is 5.89 Å². The Bertz CT molecular complexity index is 613. The van der Waals surface area contributed by atoms with Crippen molar-refractivity contribution in [1.82, 2.24) is 14.8 Å². The molecule has 0 unspecified atom stereocenters. The average molecular weight is 349 g/mol. The van der Waals surface area contributed by atoms with Crippen molar-refractivity contribution in [2.24, 2.45) is 0 Å². The molecule has 0 saturated carbocycles. The van der Waals surface area contributed by atoms with E-state index in [9.17, 15) is 5.11 Å². The zero-order chi connectivity index (χ0) is 17.6. The molecule has 1 fully saturated rings. The molecule has 0 aliphatic carbocycles. The van der Waals surface area contributed by atoms with Crippen LogP contribution in [-0.4, -0.2) is 65.3 Å². The smallest absolute Gasteiger partial charge is 0.208 e. The van der Waals surface area contributed by atoms with Gasteiger partial charge in [-0.1, -0.05) is 0 Å². The normalized spacial score (nSPS) is 17.9. The number of aryl methyl sites for hydroxylation is 2. The van der Waals surface area contributed by atoms with Crippen LogP contribution in [0, 0.1) is 13.8 Å². The van der Waals surface area contributed by atoms with E-state index < -0.39 is 6.10 Å². The van der Waals surface area contributed by atoms with Gasteiger partial charge >= 0.3 is 0 Å². The molecular formula is C18H27N3O4. The van der Waals surface area contributed by atoms with Crippen LogP contribution in [0.15, 0.2) is 27.2 Å². The summed E-state index contributed by atoms with van der Waals surface area (Å²) in [7, 11) is 0. The second-order valence-corrected chi connectivity index (χ2v) is 6.57. The van der Waals surface area contributed by atoms with Crippen LogP contribution < -0.4 is 0 Å². The van der Waals surface area contributed by atoms with Gasteiger partial charge in [0.15, 0.2) is 0 Å². The first-order valence-corrected chi connectivity index (χ1v) is 8.76. The summed E-state index contributed by atoms with van der Waals surface area (Å²) in [5, 5.41) is 10.1. The molecule has 2 aromatic rings. The van der Waals surface area contributed by atoms with Crippen molar-refractivity contribution in [2.75, 3.05) is 39.3 Å². The molecule has 0 bridgehead atoms. The minimum Gasteiger partial charge on any atom is -0.467 e. The van der Waals surface area contributed by atoms with E-state index >= 15 is 0 Å². The van der Waals surface area contributed by atoms with Gasteiger partial charge in [-0.25, -0.2) is 4.98 Å². The van der Waals surface area contributed by atoms with Crippen molar-refractivity contribution in [2.45, 2.75) is 33.1 Å². The summed E-state index contributed by atoms with van der Waals surface area (Å²) >= 11 is 0. The van der Waals surface area contributed by atoms with Crippen molar-refractivity contribution >= 4 is 0 Å². The molecule has 7 nitrogen and oxygen atoms in total. The molecule has 0 amide bonds. The van der Waals surface area contributed by atoms with Crippen LogP contribution >= 0.6 is 0 Å². The molecule has 7 heteroatoms. The summed E-state index contributed by atoms with van der Waals surface area (Å²) in [4.78, 5) is 9.04. The summed E-state index contributed by atoms with van der Waals surface area (Å²) in [6.45, 7) is 9.74. The highest BCUT2D eigenvalue weighted by Gasteiger charge is 2.21. The van der Waals surface area contributed by atoms with Crippen LogP contribution in [-0.2, 0) is 17.9 Å². The van der Waals surface area contributed by atoms with Crippen LogP contribution in [0.2, 0.25) is 0 Å². The number of aliphatic hydroxyl groups is 1. The Hall–Kier alpha value is -1.67. The summed E-state index contributed by atoms with van der Waals surface area (Å²) in [6.07, 6.45) is 1.13. The van der Waals surface area contributed by atoms with Crippen molar-refractivity contribution in [3.63, 3.8) is 0 Å². The molecule has 1 atom stereocenters. The predicted molar refractivity (Wildman–Crippen MR) is 92.1 cm³/mol. The molecular weight excluding hydrogens is 322 g/mol. The van der Waals surface area contributed by atoms with Gasteiger partial charge in [0.05, 0.1) is 31.2 Å². The van der Waals surface area contributed by atoms with Crippen molar-refractivity contribution in [3.8, 4) is 0 Å². The summed E-state index contributed by atoms with van der Waals surface area (Å²) in [6, 6.07) is 3.69. The molecule has 0 spiro atoms. The maximum Gasteiger partial charge on any atom is 0.208 e. The van der Waals surface area contributed by atoms with E-state index in [0.717, 1.165) is 55.8 Å². The highest BCUT2D eigenvalue weighted by Crippen LogP contribution is 2.12. The molecule has 1 aliphatic rings. The van der Waals surface area contributed by atoms with E-state index in [1.54, 1.807) is 6.26 Å². The number of ether oxygens (including phenoxy) is 1. The number of aromatic nitrogens is 1. The van der Waals surface area contributed by atoms with E-state index in [-0.39, 0.29) is 0 Å². The Morgan fingerprint density at radius 1 is 1.24 bits per heavy atom. The lowest BCUT2D eigenvalue weighted by Crippen LogP contribution is -2.48. The van der Waals surface area contributed by atoms with Gasteiger partial charge in [0.25, 0.3) is 0 Å². The third-order valence-corrected chi connectivity index (χ3v) is 4.50. The fourth-order valence-electron chi connectivity index (χ4n) is 2.97. The summed E-state index contributed by atoms with van der Waals surface area (Å²) < 4.78 is 16.3. The lowest BCUT2D eigenvalue weighted by atomic mass is 10.2. The SMILES string of the molecule is Cc1nc(CN2CCN(C[C@@H](O)COCc3ccco3)CC2)oc1C. The molecule has 2 aromatic heterocycles. The van der Waals surface area contributed by atoms with Crippen LogP contribution in [0.1, 0.15) is 23.1 Å². The number of furan rings is 1. The number of hydrogen-bond acceptors (Lipinski definition) is 7. The van der Waals surface area contributed by atoms with Gasteiger partial charge in [-0.15, -0.1) is 0 Å². The molecule has 3 rings (SSSR count). The fraction of sp³-hybridized carbons (Fsp3) is 0.611. The lowest BCUT2D eigenvalue weighted by Gasteiger charge is -2.34. The van der Waals surface area contributed by atoms with E-state index in [1.807, 2.05) is 26.0 Å². The molecule has 0 radical (unpaired) electrons. The first kappa shape index (κ1) is 18.1. The first-order valence-electron chi connectivity index (χ1n) is 8.76. The van der Waals surface area contributed by atoms with Gasteiger partial charge in [0.1, 0.15) is 18.1 Å². The van der Waals surface area contributed by atoms with Crippen LogP contribution in [0.3, 0.4) is 0 Å². The third kappa shape index (κ3) is 5.40. The molecule has 25 heavy (non-hydrogen) atoms. The van der Waals surface area contributed by atoms with Crippen molar-refractivity contribution in [1.29, 1.82) is 0 Å². The Labute approximate surface area is 148 Å². The number of oxazole rings is 1. The number of aliphatic hydroxyl groups excluding tert-OH is 1. The number of β-amino-alcohol motifs (C(OH)–C–C–N with tert-alkyl or cyclic N) is 1. The molecule has 1 saturated heterocycles. The Balaban J connectivity index is 1.33. The fourth-order valence-corrected chi connectivity index (χ4v) is 2.97. The van der Waals surface area contributed by atoms with Gasteiger partial charge in [0, 0.05) is 32.7 Å². The molecule has 0 aromatic carbocycles. The third-order valence-electron chi connectivity index (χ3n) is 4.50. The topological polar surface area (TPSA) is 75.1 Å². The van der Waals surface area contributed by atoms with E-state index in [4.69, 9.17) is 13.6 Å². The first-order chi connectivity index (χ1) is 12.1. The van der Waals surface area contributed by atoms with Crippen LogP contribution in [0.4, 0.5) is 0 Å². The maximum atomic E-state index is 10.1. The highest BCUT2D eigenvalue weighted by molar-refractivity contribution is 5.05. The highest BCUT2D eigenvalue weighted by atomic mass is 16.5. The van der Waals surface area contributed by atoms with Gasteiger partial charge in [-0.3, -0.25) is 9.80 Å². The van der Waals surface area contributed by atoms with Crippen LogP contribution in [0.25, 0.3) is 0 Å². The van der Waals surface area contributed by atoms with Gasteiger partial charge in [-0.05, 0) is 26.0 Å². The van der Waals surface area contributed by atoms with E-state index in [2.05, 4.69) is 14.8 Å². The summed E-state index contributed by atoms with van der Waals surface area (Å²) in [5.41, 5.74) is 0.964. The quantitative estimate of drug-likeness (QED) is 0.775. The lowest BCUT2D eigenvalue weighted by molar-refractivity contribution is -0.00354. The molecule has 1 N–H and O–H groups in total. The zero-order valence-electron chi connectivity index (χ0n) is 15.0. The zero-order valence-corrected chi connectivity index (χ0v) is 15.0. The standard InChI is InChI=1S/C18H27N3O4/c1-14-15(2)25-18(19-14)11-21-7-5-20(6-8-21)10-16(22)12-23-13-17-4-3-9-24-17/h3-4,9,16,22H,5-8,10-13H2,1-2H3/t16-/m1/s1. The second-order valence-electron chi connectivity index (χ2n) is 6.57. The number of nitrogens with zero attached hydrogens (tertiary/aromatic N) is 3. The second kappa shape index (κ2) is 8.62. The maximum absolute atomic E-state index is 10.1. The van der Waals surface area contributed by atoms with Gasteiger partial charge in [-0.2, -0.15) is 0 Å². The Kier molecular flexibility index (Phi) is 6.25. The molecule has 138 valence electrons. The predicted octanol–water partition coefficient (Wildman–Crippen LogP) is 1.58. The minimum atomic E-state index is -0.487. The Morgan fingerprint density at radius 3 is 2.64 bits per heavy atom. The Morgan fingerprint density at radius 2 is 2.00 bits per heavy atom. The summed E-state index contributed by atoms with van der Waals surface area (Å²) in [5.74, 6) is 2.46. The van der Waals surface area contributed by atoms with Crippen LogP contribution in [0.5, 0.6) is 0 Å². The monoisotopic (exact) mass is 349 g/mol. The molecule has 1 aliphatic heterocycles. The minimum absolute atomic E-state index is 0.315. The number of rotatable bonds is 8. The largest absolute Gasteiger partial charge is 0.467 e. The van der Waals surface area contributed by atoms with E-state index in [0.29, 0.717) is 19.8 Å². The molecule has 3 heterocycles. The average Bonchev–Trinajstić information content (AvgIpc) is 3.20. The number of piperazine rings is 1. The van der Waals surface area contributed by atoms with Gasteiger partial charge < -0.3 is 18.7 Å².